The van der Waals surface area contributed by atoms with Gasteiger partial charge in [-0.15, -0.1) is 0 Å². The lowest BCUT2D eigenvalue weighted by Crippen LogP contribution is -2.50. The Labute approximate surface area is 168 Å². The quantitative estimate of drug-likeness (QED) is 0.796. The van der Waals surface area contributed by atoms with Crippen molar-refractivity contribution >= 4 is 0 Å². The molecule has 2 fully saturated rings. The Bertz CT molecular complexity index is 741. The third-order valence-electron chi connectivity index (χ3n) is 6.44. The van der Waals surface area contributed by atoms with E-state index < -0.39 is 0 Å². The number of benzene rings is 1. The van der Waals surface area contributed by atoms with Gasteiger partial charge in [-0.05, 0) is 56.3 Å². The van der Waals surface area contributed by atoms with E-state index in [1.807, 2.05) is 12.4 Å². The summed E-state index contributed by atoms with van der Waals surface area (Å²) in [5.74, 6) is 1.41. The first-order valence-electron chi connectivity index (χ1n) is 10.4. The van der Waals surface area contributed by atoms with E-state index in [1.54, 1.807) is 7.11 Å². The van der Waals surface area contributed by atoms with Crippen LogP contribution in [0.4, 0.5) is 0 Å². The molecule has 5 heteroatoms. The highest BCUT2D eigenvalue weighted by molar-refractivity contribution is 5.21. The van der Waals surface area contributed by atoms with Crippen LogP contribution in [0, 0.1) is 5.41 Å². The molecule has 1 atom stereocenters. The van der Waals surface area contributed by atoms with E-state index in [0.29, 0.717) is 17.9 Å². The Balaban J connectivity index is 1.35. The van der Waals surface area contributed by atoms with Gasteiger partial charge in [-0.25, -0.2) is 9.97 Å². The number of nitrogens with zero attached hydrogens (tertiary/aromatic N) is 4. The third-order valence-corrected chi connectivity index (χ3v) is 6.44. The number of piperidine rings is 2. The van der Waals surface area contributed by atoms with E-state index in [4.69, 9.17) is 4.74 Å². The van der Waals surface area contributed by atoms with Gasteiger partial charge in [0.15, 0.2) is 5.82 Å². The molecule has 1 spiro atoms. The van der Waals surface area contributed by atoms with Crippen LogP contribution in [0.3, 0.4) is 0 Å². The molecule has 0 saturated carbocycles. The Morgan fingerprint density at radius 3 is 2.50 bits per heavy atom. The lowest BCUT2D eigenvalue weighted by atomic mass is 9.68. The highest BCUT2D eigenvalue weighted by Crippen LogP contribution is 2.44. The first-order valence-corrected chi connectivity index (χ1v) is 10.4. The summed E-state index contributed by atoms with van der Waals surface area (Å²) >= 11 is 0. The molecule has 3 heterocycles. The van der Waals surface area contributed by atoms with Crippen LogP contribution in [-0.4, -0.2) is 60.1 Å². The van der Waals surface area contributed by atoms with Crippen molar-refractivity contribution in [2.45, 2.75) is 38.3 Å². The fourth-order valence-electron chi connectivity index (χ4n) is 5.09. The van der Waals surface area contributed by atoms with Gasteiger partial charge in [-0.1, -0.05) is 30.3 Å². The Hall–Kier alpha value is -1.82. The van der Waals surface area contributed by atoms with Gasteiger partial charge >= 0.3 is 0 Å². The highest BCUT2D eigenvalue weighted by Gasteiger charge is 2.41. The molecule has 2 aromatic rings. The average Bonchev–Trinajstić information content (AvgIpc) is 2.72. The summed E-state index contributed by atoms with van der Waals surface area (Å²) in [6.07, 6.45) is 7.79. The summed E-state index contributed by atoms with van der Waals surface area (Å²) in [6, 6.07) is 11.1. The maximum Gasteiger partial charge on any atom is 0.153 e. The molecular weight excluding hydrogens is 348 g/mol. The number of likely N-dealkylation sites (tertiary alicyclic amines) is 2. The van der Waals surface area contributed by atoms with E-state index in [2.05, 4.69) is 57.1 Å². The van der Waals surface area contributed by atoms with Gasteiger partial charge in [0.25, 0.3) is 0 Å². The van der Waals surface area contributed by atoms with Crippen molar-refractivity contribution in [3.8, 4) is 0 Å². The number of hydrogen-bond acceptors (Lipinski definition) is 5. The molecule has 2 saturated heterocycles. The summed E-state index contributed by atoms with van der Waals surface area (Å²) in [5.41, 5.74) is 3.16. The molecule has 0 bridgehead atoms. The molecule has 0 unspecified atom stereocenters. The van der Waals surface area contributed by atoms with E-state index in [9.17, 15) is 0 Å². The van der Waals surface area contributed by atoms with Crippen LogP contribution in [-0.2, 0) is 17.9 Å². The van der Waals surface area contributed by atoms with Crippen molar-refractivity contribution in [1.82, 2.24) is 19.8 Å². The first-order chi connectivity index (χ1) is 13.7. The number of likely N-dealkylation sites (N-methyl/N-ethyl adjacent to an activating group) is 1. The molecule has 5 nitrogen and oxygen atoms in total. The topological polar surface area (TPSA) is 41.5 Å². The lowest BCUT2D eigenvalue weighted by molar-refractivity contribution is 0.0218. The van der Waals surface area contributed by atoms with Crippen LogP contribution in [0.1, 0.15) is 42.1 Å². The largest absolute Gasteiger partial charge is 0.377 e. The molecule has 4 rings (SSSR count). The van der Waals surface area contributed by atoms with Crippen LogP contribution in [0.2, 0.25) is 0 Å². The van der Waals surface area contributed by atoms with Crippen molar-refractivity contribution in [3.63, 3.8) is 0 Å². The van der Waals surface area contributed by atoms with Crippen molar-refractivity contribution in [3.05, 3.63) is 59.7 Å². The van der Waals surface area contributed by atoms with E-state index in [0.717, 1.165) is 25.5 Å². The van der Waals surface area contributed by atoms with Crippen LogP contribution in [0.5, 0.6) is 0 Å². The fourth-order valence-corrected chi connectivity index (χ4v) is 5.09. The number of hydrogen-bond donors (Lipinski definition) is 0. The van der Waals surface area contributed by atoms with Crippen molar-refractivity contribution in [1.29, 1.82) is 0 Å². The van der Waals surface area contributed by atoms with Crippen LogP contribution in [0.15, 0.2) is 42.7 Å². The third kappa shape index (κ3) is 4.59. The number of ether oxygens (including phenoxy) is 1. The monoisotopic (exact) mass is 380 g/mol. The fraction of sp³-hybridized carbons (Fsp3) is 0.565. The van der Waals surface area contributed by atoms with E-state index in [1.165, 1.54) is 43.5 Å². The number of rotatable bonds is 5. The minimum Gasteiger partial charge on any atom is -0.377 e. The van der Waals surface area contributed by atoms with Crippen LogP contribution >= 0.6 is 0 Å². The molecule has 1 aromatic heterocycles. The molecule has 0 aliphatic carbocycles. The zero-order valence-electron chi connectivity index (χ0n) is 17.2. The van der Waals surface area contributed by atoms with Crippen LogP contribution in [0.25, 0.3) is 0 Å². The second-order valence-corrected chi connectivity index (χ2v) is 8.73. The Morgan fingerprint density at radius 2 is 1.82 bits per heavy atom. The maximum atomic E-state index is 5.09. The molecule has 0 amide bonds. The SMILES string of the molecule is COCc1ncc(CN2CCC3(CC2)C[C@H](c2ccccc2)CN(C)C3)cn1. The van der Waals surface area contributed by atoms with Crippen LogP contribution < -0.4 is 0 Å². The molecule has 2 aliphatic rings. The minimum atomic E-state index is 0.461. The standard InChI is InChI=1S/C23H32N4O/c1-26-16-21(20-6-4-3-5-7-20)12-23(18-26)8-10-27(11-9-23)15-19-13-24-22(17-28-2)25-14-19/h3-7,13-14,21H,8-12,15-18H2,1-2H3/t21-/m0/s1. The Morgan fingerprint density at radius 1 is 1.11 bits per heavy atom. The lowest BCUT2D eigenvalue weighted by Gasteiger charge is -2.49. The predicted molar refractivity (Wildman–Crippen MR) is 111 cm³/mol. The predicted octanol–water partition coefficient (Wildman–Crippen LogP) is 3.32. The number of aromatic nitrogens is 2. The van der Waals surface area contributed by atoms with Gasteiger partial charge in [0.1, 0.15) is 6.61 Å². The summed E-state index contributed by atoms with van der Waals surface area (Å²) in [7, 11) is 3.97. The summed E-state index contributed by atoms with van der Waals surface area (Å²) in [5, 5.41) is 0. The molecule has 150 valence electrons. The van der Waals surface area contributed by atoms with E-state index in [-0.39, 0.29) is 0 Å². The first kappa shape index (κ1) is 19.5. The van der Waals surface area contributed by atoms with Gasteiger partial charge < -0.3 is 9.64 Å². The van der Waals surface area contributed by atoms with E-state index >= 15 is 0 Å². The molecular formula is C23H32N4O. The molecule has 28 heavy (non-hydrogen) atoms. The maximum absolute atomic E-state index is 5.09. The van der Waals surface area contributed by atoms with Gasteiger partial charge in [0.05, 0.1) is 0 Å². The van der Waals surface area contributed by atoms with Gasteiger partial charge in [0.2, 0.25) is 0 Å². The summed E-state index contributed by atoms with van der Waals surface area (Å²) in [4.78, 5) is 13.9. The Kier molecular flexibility index (Phi) is 6.04. The molecule has 1 aromatic carbocycles. The number of methoxy groups -OCH3 is 1. The summed E-state index contributed by atoms with van der Waals surface area (Å²) < 4.78 is 5.09. The zero-order chi connectivity index (χ0) is 19.4. The minimum absolute atomic E-state index is 0.461. The van der Waals surface area contributed by atoms with Gasteiger partial charge in [-0.2, -0.15) is 0 Å². The van der Waals surface area contributed by atoms with Gasteiger partial charge in [-0.3, -0.25) is 4.90 Å². The molecule has 2 aliphatic heterocycles. The highest BCUT2D eigenvalue weighted by atomic mass is 16.5. The van der Waals surface area contributed by atoms with Gasteiger partial charge in [0, 0.05) is 44.7 Å². The second-order valence-electron chi connectivity index (χ2n) is 8.73. The van der Waals surface area contributed by atoms with Crippen molar-refractivity contribution in [2.75, 3.05) is 40.3 Å². The van der Waals surface area contributed by atoms with Crippen molar-refractivity contribution in [2.24, 2.45) is 5.41 Å². The normalized spacial score (nSPS) is 23.1. The smallest absolute Gasteiger partial charge is 0.153 e. The zero-order valence-corrected chi connectivity index (χ0v) is 17.2. The van der Waals surface area contributed by atoms with Crippen molar-refractivity contribution < 1.29 is 4.74 Å². The second kappa shape index (κ2) is 8.68. The average molecular weight is 381 g/mol. The summed E-state index contributed by atoms with van der Waals surface area (Å²) in [6.45, 7) is 6.16. The molecule has 0 N–H and O–H groups in total. The molecule has 0 radical (unpaired) electrons.